The minimum absolute atomic E-state index is 0.0927. The largest absolute Gasteiger partial charge is 0.358 e. The maximum Gasteiger partial charge on any atom is 0.250 e. The summed E-state index contributed by atoms with van der Waals surface area (Å²) in [6.45, 7) is 2.61. The summed E-state index contributed by atoms with van der Waals surface area (Å²) in [4.78, 5) is 29.9. The summed E-state index contributed by atoms with van der Waals surface area (Å²) >= 11 is 0. The normalized spacial score (nSPS) is 18.2. The molecule has 1 atom stereocenters. The molecule has 1 saturated heterocycles. The SMILES string of the molecule is CCc1ccc(NC(=O)CN2C(=O)C3CCCCN3c3ccc(S(=O)(=O)N(C)C)cc32)cc1. The Labute approximate surface area is 195 Å². The molecule has 33 heavy (non-hydrogen) atoms. The van der Waals surface area contributed by atoms with Gasteiger partial charge in [-0.05, 0) is 61.6 Å². The molecule has 2 aromatic rings. The summed E-state index contributed by atoms with van der Waals surface area (Å²) in [6.07, 6.45) is 3.53. The van der Waals surface area contributed by atoms with Gasteiger partial charge in [0.05, 0.1) is 16.3 Å². The maximum absolute atomic E-state index is 13.4. The quantitative estimate of drug-likeness (QED) is 0.701. The van der Waals surface area contributed by atoms with Crippen LogP contribution in [0.1, 0.15) is 31.7 Å². The molecule has 8 nitrogen and oxygen atoms in total. The van der Waals surface area contributed by atoms with Gasteiger partial charge in [0.2, 0.25) is 21.8 Å². The number of carbonyl (C=O) groups excluding carboxylic acids is 2. The molecule has 2 heterocycles. The molecule has 176 valence electrons. The second kappa shape index (κ2) is 9.15. The summed E-state index contributed by atoms with van der Waals surface area (Å²) in [5.74, 6) is -0.498. The lowest BCUT2D eigenvalue weighted by molar-refractivity contribution is -0.123. The molecule has 4 rings (SSSR count). The van der Waals surface area contributed by atoms with E-state index in [0.717, 1.165) is 35.8 Å². The highest BCUT2D eigenvalue weighted by Gasteiger charge is 2.40. The number of carbonyl (C=O) groups is 2. The highest BCUT2D eigenvalue weighted by molar-refractivity contribution is 7.89. The summed E-state index contributed by atoms with van der Waals surface area (Å²) in [5.41, 5.74) is 3.07. The Morgan fingerprint density at radius 3 is 2.48 bits per heavy atom. The van der Waals surface area contributed by atoms with Crippen LogP contribution in [0, 0.1) is 0 Å². The Bertz CT molecular complexity index is 1160. The second-order valence-corrected chi connectivity index (χ2v) is 10.8. The average molecular weight is 471 g/mol. The topological polar surface area (TPSA) is 90.0 Å². The number of amides is 2. The van der Waals surface area contributed by atoms with Crippen LogP contribution in [0.4, 0.5) is 17.1 Å². The van der Waals surface area contributed by atoms with E-state index >= 15 is 0 Å². The number of aryl methyl sites for hydroxylation is 1. The van der Waals surface area contributed by atoms with E-state index in [-0.39, 0.29) is 29.3 Å². The van der Waals surface area contributed by atoms with E-state index in [1.165, 1.54) is 30.6 Å². The first-order valence-corrected chi connectivity index (χ1v) is 12.7. The van der Waals surface area contributed by atoms with E-state index in [9.17, 15) is 18.0 Å². The molecule has 9 heteroatoms. The smallest absolute Gasteiger partial charge is 0.250 e. The monoisotopic (exact) mass is 470 g/mol. The van der Waals surface area contributed by atoms with Gasteiger partial charge in [0.25, 0.3) is 0 Å². The van der Waals surface area contributed by atoms with Gasteiger partial charge >= 0.3 is 0 Å². The summed E-state index contributed by atoms with van der Waals surface area (Å²) in [5, 5.41) is 2.85. The van der Waals surface area contributed by atoms with Crippen LogP contribution < -0.4 is 15.1 Å². The first kappa shape index (κ1) is 23.3. The lowest BCUT2D eigenvalue weighted by atomic mass is 9.96. The molecule has 0 aromatic heterocycles. The van der Waals surface area contributed by atoms with Crippen molar-refractivity contribution in [1.29, 1.82) is 0 Å². The molecule has 1 unspecified atom stereocenters. The first-order valence-electron chi connectivity index (χ1n) is 11.3. The van der Waals surface area contributed by atoms with Crippen LogP contribution in [0.5, 0.6) is 0 Å². The van der Waals surface area contributed by atoms with Gasteiger partial charge in [-0.1, -0.05) is 19.1 Å². The van der Waals surface area contributed by atoms with Crippen molar-refractivity contribution in [1.82, 2.24) is 4.31 Å². The number of hydrogen-bond donors (Lipinski definition) is 1. The van der Waals surface area contributed by atoms with Crippen LogP contribution in [0.2, 0.25) is 0 Å². The Kier molecular flexibility index (Phi) is 6.45. The molecule has 0 saturated carbocycles. The lowest BCUT2D eigenvalue weighted by Crippen LogP contribution is -2.56. The van der Waals surface area contributed by atoms with Crippen LogP contribution in [0.25, 0.3) is 0 Å². The highest BCUT2D eigenvalue weighted by Crippen LogP contribution is 2.40. The third kappa shape index (κ3) is 4.47. The third-order valence-corrected chi connectivity index (χ3v) is 8.14. The molecule has 0 radical (unpaired) electrons. The number of rotatable bonds is 6. The van der Waals surface area contributed by atoms with Crippen LogP contribution in [-0.2, 0) is 26.0 Å². The zero-order valence-electron chi connectivity index (χ0n) is 19.2. The molecule has 1 N–H and O–H groups in total. The number of hydrogen-bond acceptors (Lipinski definition) is 5. The van der Waals surface area contributed by atoms with Crippen LogP contribution in [0.15, 0.2) is 47.4 Å². The van der Waals surface area contributed by atoms with Crippen LogP contribution in [0.3, 0.4) is 0 Å². The van der Waals surface area contributed by atoms with Crippen molar-refractivity contribution >= 4 is 38.9 Å². The standard InChI is InChI=1S/C24H30N4O4S/c1-4-17-8-10-18(11-9-17)25-23(29)16-28-22-15-19(33(31,32)26(2)3)12-13-20(22)27-14-6-5-7-21(27)24(28)30/h8-13,15,21H,4-7,14,16H2,1-3H3,(H,25,29). The molecule has 0 bridgehead atoms. The number of fused-ring (bicyclic) bond motifs is 3. The molecule has 2 amide bonds. The van der Waals surface area contributed by atoms with Crippen molar-refractivity contribution in [3.63, 3.8) is 0 Å². The first-order chi connectivity index (χ1) is 15.7. The minimum atomic E-state index is -3.69. The number of nitrogens with one attached hydrogen (secondary N) is 1. The lowest BCUT2D eigenvalue weighted by Gasteiger charge is -2.45. The predicted octanol–water partition coefficient (Wildman–Crippen LogP) is 2.84. The van der Waals surface area contributed by atoms with E-state index in [4.69, 9.17) is 0 Å². The minimum Gasteiger partial charge on any atom is -0.358 e. The molecular formula is C24H30N4O4S. The van der Waals surface area contributed by atoms with Gasteiger partial charge < -0.3 is 10.2 Å². The molecule has 0 spiro atoms. The van der Waals surface area contributed by atoms with Crippen molar-refractivity contribution in [2.24, 2.45) is 0 Å². The second-order valence-electron chi connectivity index (χ2n) is 8.67. The van der Waals surface area contributed by atoms with E-state index in [1.54, 1.807) is 12.1 Å². The van der Waals surface area contributed by atoms with Crippen molar-refractivity contribution in [2.75, 3.05) is 42.3 Å². The van der Waals surface area contributed by atoms with Crippen LogP contribution >= 0.6 is 0 Å². The van der Waals surface area contributed by atoms with Crippen LogP contribution in [-0.4, -0.2) is 57.8 Å². The van der Waals surface area contributed by atoms with Gasteiger partial charge in [-0.3, -0.25) is 14.5 Å². The fourth-order valence-electron chi connectivity index (χ4n) is 4.44. The number of sulfonamides is 1. The van der Waals surface area contributed by atoms with E-state index in [1.807, 2.05) is 29.2 Å². The molecule has 1 fully saturated rings. The predicted molar refractivity (Wildman–Crippen MR) is 129 cm³/mol. The zero-order chi connectivity index (χ0) is 23.8. The highest BCUT2D eigenvalue weighted by atomic mass is 32.2. The number of benzene rings is 2. The fourth-order valence-corrected chi connectivity index (χ4v) is 5.36. The molecule has 2 aromatic carbocycles. The Morgan fingerprint density at radius 1 is 1.09 bits per heavy atom. The summed E-state index contributed by atoms with van der Waals surface area (Å²) in [7, 11) is -0.752. The van der Waals surface area contributed by atoms with E-state index in [0.29, 0.717) is 17.8 Å². The number of nitrogens with zero attached hydrogens (tertiary/aromatic N) is 3. The van der Waals surface area contributed by atoms with E-state index in [2.05, 4.69) is 12.2 Å². The van der Waals surface area contributed by atoms with Crippen molar-refractivity contribution in [3.8, 4) is 0 Å². The van der Waals surface area contributed by atoms with Gasteiger partial charge in [0, 0.05) is 26.3 Å². The summed E-state index contributed by atoms with van der Waals surface area (Å²) < 4.78 is 26.6. The zero-order valence-corrected chi connectivity index (χ0v) is 20.1. The third-order valence-electron chi connectivity index (χ3n) is 6.33. The Morgan fingerprint density at radius 2 is 1.82 bits per heavy atom. The van der Waals surface area contributed by atoms with Gasteiger partial charge in [-0.2, -0.15) is 0 Å². The average Bonchev–Trinajstić information content (AvgIpc) is 2.81. The number of anilines is 3. The maximum atomic E-state index is 13.4. The Hall–Kier alpha value is -2.91. The van der Waals surface area contributed by atoms with Crippen molar-refractivity contribution in [2.45, 2.75) is 43.5 Å². The Balaban J connectivity index is 1.67. The van der Waals surface area contributed by atoms with Crippen molar-refractivity contribution in [3.05, 3.63) is 48.0 Å². The summed E-state index contributed by atoms with van der Waals surface area (Å²) in [6, 6.07) is 12.1. The molecule has 0 aliphatic carbocycles. The van der Waals surface area contributed by atoms with Gasteiger partial charge in [0.15, 0.2) is 0 Å². The van der Waals surface area contributed by atoms with Gasteiger partial charge in [-0.25, -0.2) is 12.7 Å². The fraction of sp³-hybridized carbons (Fsp3) is 0.417. The van der Waals surface area contributed by atoms with E-state index < -0.39 is 10.0 Å². The molecule has 2 aliphatic rings. The molecular weight excluding hydrogens is 440 g/mol. The van der Waals surface area contributed by atoms with Gasteiger partial charge in [0.1, 0.15) is 12.6 Å². The number of piperidine rings is 1. The molecule has 2 aliphatic heterocycles. The van der Waals surface area contributed by atoms with Crippen molar-refractivity contribution < 1.29 is 18.0 Å². The van der Waals surface area contributed by atoms with Gasteiger partial charge in [-0.15, -0.1) is 0 Å².